The first kappa shape index (κ1) is 12.3. The van der Waals surface area contributed by atoms with Gasteiger partial charge >= 0.3 is 0 Å². The molecular formula is C13H13FN4. The number of nitrogens with one attached hydrogen (secondary N) is 1. The summed E-state index contributed by atoms with van der Waals surface area (Å²) in [5.41, 5.74) is 1.85. The second-order valence-electron chi connectivity index (χ2n) is 4.00. The molecule has 0 saturated carbocycles. The van der Waals surface area contributed by atoms with Crippen molar-refractivity contribution in [3.8, 4) is 6.07 Å². The summed E-state index contributed by atoms with van der Waals surface area (Å²) in [5, 5.41) is 16.1. The van der Waals surface area contributed by atoms with Gasteiger partial charge in [-0.1, -0.05) is 0 Å². The summed E-state index contributed by atoms with van der Waals surface area (Å²) in [6.07, 6.45) is 1.86. The third-order valence-electron chi connectivity index (χ3n) is 2.57. The fourth-order valence-corrected chi connectivity index (χ4v) is 1.66. The molecule has 2 aromatic rings. The summed E-state index contributed by atoms with van der Waals surface area (Å²) in [6.45, 7) is 0.939. The maximum Gasteiger partial charge on any atom is 0.127 e. The number of hydrogen-bond donors (Lipinski definition) is 1. The number of aromatic nitrogens is 2. The molecule has 92 valence electrons. The molecule has 0 bridgehead atoms. The van der Waals surface area contributed by atoms with Crippen molar-refractivity contribution in [3.05, 3.63) is 53.1 Å². The van der Waals surface area contributed by atoms with E-state index in [4.69, 9.17) is 5.26 Å². The summed E-state index contributed by atoms with van der Waals surface area (Å²) in [7, 11) is 1.85. The molecule has 1 aromatic carbocycles. The minimum Gasteiger partial charge on any atom is -0.307 e. The summed E-state index contributed by atoms with van der Waals surface area (Å²) in [6, 6.07) is 8.24. The van der Waals surface area contributed by atoms with Crippen molar-refractivity contribution in [2.75, 3.05) is 0 Å². The lowest BCUT2D eigenvalue weighted by molar-refractivity contribution is 0.583. The van der Waals surface area contributed by atoms with Crippen LogP contribution in [0, 0.1) is 17.1 Å². The minimum absolute atomic E-state index is 0.303. The number of benzene rings is 1. The van der Waals surface area contributed by atoms with Crippen LogP contribution < -0.4 is 5.32 Å². The Kier molecular flexibility index (Phi) is 3.70. The Hall–Kier alpha value is -2.19. The Morgan fingerprint density at radius 3 is 2.89 bits per heavy atom. The highest BCUT2D eigenvalue weighted by Gasteiger charge is 2.04. The Labute approximate surface area is 105 Å². The molecule has 0 radical (unpaired) electrons. The molecule has 1 N–H and O–H groups in total. The molecule has 0 aliphatic carbocycles. The van der Waals surface area contributed by atoms with Crippen LogP contribution in [0.2, 0.25) is 0 Å². The number of nitrogens with zero attached hydrogens (tertiary/aromatic N) is 3. The van der Waals surface area contributed by atoms with Crippen LogP contribution in [0.1, 0.15) is 16.8 Å². The Balaban J connectivity index is 1.96. The van der Waals surface area contributed by atoms with Crippen LogP contribution in [-0.2, 0) is 20.1 Å². The molecule has 1 heterocycles. The highest BCUT2D eigenvalue weighted by atomic mass is 19.1. The van der Waals surface area contributed by atoms with Gasteiger partial charge in [0, 0.05) is 31.9 Å². The minimum atomic E-state index is -0.303. The Bertz CT molecular complexity index is 583. The second-order valence-corrected chi connectivity index (χ2v) is 4.00. The van der Waals surface area contributed by atoms with Gasteiger partial charge in [0.1, 0.15) is 5.82 Å². The maximum atomic E-state index is 13.5. The smallest absolute Gasteiger partial charge is 0.127 e. The summed E-state index contributed by atoms with van der Waals surface area (Å²) in [5.74, 6) is -0.303. The van der Waals surface area contributed by atoms with Crippen molar-refractivity contribution in [3.63, 3.8) is 0 Å². The molecule has 1 aromatic heterocycles. The molecule has 0 aliphatic heterocycles. The third-order valence-corrected chi connectivity index (χ3v) is 2.57. The standard InChI is InChI=1S/C13H13FN4/c1-18-5-4-12(17-18)9-16-8-11-6-10(7-15)2-3-13(11)14/h2-6,16H,8-9H2,1H3. The number of rotatable bonds is 4. The van der Waals surface area contributed by atoms with E-state index in [1.165, 1.54) is 12.1 Å². The van der Waals surface area contributed by atoms with Gasteiger partial charge in [0.05, 0.1) is 17.3 Å². The van der Waals surface area contributed by atoms with Crippen LogP contribution in [0.25, 0.3) is 0 Å². The summed E-state index contributed by atoms with van der Waals surface area (Å²) < 4.78 is 15.2. The first-order valence-corrected chi connectivity index (χ1v) is 5.57. The molecule has 0 spiro atoms. The molecule has 0 saturated heterocycles. The van der Waals surface area contributed by atoms with Gasteiger partial charge in [-0.05, 0) is 24.3 Å². The summed E-state index contributed by atoms with van der Waals surface area (Å²) >= 11 is 0. The second kappa shape index (κ2) is 5.43. The van der Waals surface area contributed by atoms with E-state index in [1.54, 1.807) is 10.7 Å². The molecule has 18 heavy (non-hydrogen) atoms. The Morgan fingerprint density at radius 2 is 2.22 bits per heavy atom. The first-order chi connectivity index (χ1) is 8.69. The molecule has 0 fully saturated rings. The van der Waals surface area contributed by atoms with E-state index in [9.17, 15) is 4.39 Å². The van der Waals surface area contributed by atoms with Crippen molar-refractivity contribution in [1.29, 1.82) is 5.26 Å². The van der Waals surface area contributed by atoms with E-state index < -0.39 is 0 Å². The molecule has 0 aliphatic rings. The van der Waals surface area contributed by atoms with Crippen LogP contribution in [0.3, 0.4) is 0 Å². The first-order valence-electron chi connectivity index (χ1n) is 5.57. The zero-order valence-corrected chi connectivity index (χ0v) is 10.0. The lowest BCUT2D eigenvalue weighted by atomic mass is 10.1. The number of hydrogen-bond acceptors (Lipinski definition) is 3. The van der Waals surface area contributed by atoms with Crippen molar-refractivity contribution < 1.29 is 4.39 Å². The molecule has 0 atom stereocenters. The van der Waals surface area contributed by atoms with Crippen LogP contribution in [0.15, 0.2) is 30.5 Å². The van der Waals surface area contributed by atoms with Gasteiger partial charge in [0.15, 0.2) is 0 Å². The van der Waals surface area contributed by atoms with Crippen LogP contribution >= 0.6 is 0 Å². The van der Waals surface area contributed by atoms with E-state index in [1.807, 2.05) is 25.4 Å². The van der Waals surface area contributed by atoms with Crippen LogP contribution in [0.5, 0.6) is 0 Å². The van der Waals surface area contributed by atoms with Crippen LogP contribution in [0.4, 0.5) is 4.39 Å². The normalized spacial score (nSPS) is 10.3. The van der Waals surface area contributed by atoms with Gasteiger partial charge in [0.25, 0.3) is 0 Å². The van der Waals surface area contributed by atoms with Gasteiger partial charge in [0.2, 0.25) is 0 Å². The zero-order valence-electron chi connectivity index (χ0n) is 10.0. The quantitative estimate of drug-likeness (QED) is 0.891. The van der Waals surface area contributed by atoms with Gasteiger partial charge in [-0.25, -0.2) is 4.39 Å². The fourth-order valence-electron chi connectivity index (χ4n) is 1.66. The topological polar surface area (TPSA) is 53.6 Å². The van der Waals surface area contributed by atoms with Crippen molar-refractivity contribution in [1.82, 2.24) is 15.1 Å². The molecular weight excluding hydrogens is 231 g/mol. The van der Waals surface area contributed by atoms with E-state index in [0.29, 0.717) is 24.2 Å². The van der Waals surface area contributed by atoms with Crippen molar-refractivity contribution >= 4 is 0 Å². The van der Waals surface area contributed by atoms with E-state index in [0.717, 1.165) is 5.69 Å². The molecule has 0 amide bonds. The monoisotopic (exact) mass is 244 g/mol. The average Bonchev–Trinajstić information content (AvgIpc) is 2.77. The van der Waals surface area contributed by atoms with Gasteiger partial charge in [-0.3, -0.25) is 4.68 Å². The Morgan fingerprint density at radius 1 is 1.39 bits per heavy atom. The highest BCUT2D eigenvalue weighted by molar-refractivity contribution is 5.33. The van der Waals surface area contributed by atoms with E-state index in [2.05, 4.69) is 10.4 Å². The van der Waals surface area contributed by atoms with Crippen molar-refractivity contribution in [2.45, 2.75) is 13.1 Å². The predicted octanol–water partition coefficient (Wildman–Crippen LogP) is 1.72. The summed E-state index contributed by atoms with van der Waals surface area (Å²) in [4.78, 5) is 0. The number of halogens is 1. The number of nitriles is 1. The number of aryl methyl sites for hydroxylation is 1. The van der Waals surface area contributed by atoms with E-state index in [-0.39, 0.29) is 5.82 Å². The lowest BCUT2D eigenvalue weighted by Gasteiger charge is -2.05. The molecule has 5 heteroatoms. The predicted molar refractivity (Wildman–Crippen MR) is 64.9 cm³/mol. The van der Waals surface area contributed by atoms with Gasteiger partial charge < -0.3 is 5.32 Å². The third kappa shape index (κ3) is 2.93. The molecule has 2 rings (SSSR count). The largest absolute Gasteiger partial charge is 0.307 e. The van der Waals surface area contributed by atoms with E-state index >= 15 is 0 Å². The lowest BCUT2D eigenvalue weighted by Crippen LogP contribution is -2.14. The maximum absolute atomic E-state index is 13.5. The van der Waals surface area contributed by atoms with Crippen molar-refractivity contribution in [2.24, 2.45) is 7.05 Å². The van der Waals surface area contributed by atoms with Gasteiger partial charge in [-0.2, -0.15) is 10.4 Å². The highest BCUT2D eigenvalue weighted by Crippen LogP contribution is 2.10. The van der Waals surface area contributed by atoms with Gasteiger partial charge in [-0.15, -0.1) is 0 Å². The van der Waals surface area contributed by atoms with Crippen LogP contribution in [-0.4, -0.2) is 9.78 Å². The fraction of sp³-hybridized carbons (Fsp3) is 0.231. The zero-order chi connectivity index (χ0) is 13.0. The average molecular weight is 244 g/mol. The SMILES string of the molecule is Cn1ccc(CNCc2cc(C#N)ccc2F)n1. The molecule has 4 nitrogen and oxygen atoms in total. The molecule has 0 unspecified atom stereocenters.